The molecule has 0 aromatic carbocycles. The van der Waals surface area contributed by atoms with Gasteiger partial charge >= 0.3 is 0 Å². The lowest BCUT2D eigenvalue weighted by Crippen LogP contribution is -1.92. The molecular formula is C6H9N3O. The minimum absolute atomic E-state index is 0.249. The minimum Gasteiger partial charge on any atom is -0.296 e. The highest BCUT2D eigenvalue weighted by Crippen LogP contribution is 2.11. The van der Waals surface area contributed by atoms with Crippen molar-refractivity contribution in [1.29, 1.82) is 0 Å². The van der Waals surface area contributed by atoms with E-state index < -0.39 is 0 Å². The number of hydrogen-bond donors (Lipinski definition) is 1. The van der Waals surface area contributed by atoms with Crippen LogP contribution in [0.2, 0.25) is 0 Å². The average Bonchev–Trinajstić information content (AvgIpc) is 2.33. The van der Waals surface area contributed by atoms with Crippen LogP contribution in [0.15, 0.2) is 0 Å². The first-order chi connectivity index (χ1) is 4.75. The zero-order valence-corrected chi connectivity index (χ0v) is 5.96. The molecule has 0 radical (unpaired) electrons. The number of H-pyrrole nitrogens is 1. The van der Waals surface area contributed by atoms with E-state index in [1.165, 1.54) is 0 Å². The van der Waals surface area contributed by atoms with E-state index in [1.54, 1.807) is 0 Å². The SMILES string of the molecule is CC(C)c1n[nH]nc1C=O. The predicted molar refractivity (Wildman–Crippen MR) is 35.9 cm³/mol. The van der Waals surface area contributed by atoms with E-state index in [0.29, 0.717) is 12.0 Å². The van der Waals surface area contributed by atoms with E-state index in [2.05, 4.69) is 15.4 Å². The van der Waals surface area contributed by atoms with Crippen molar-refractivity contribution in [3.63, 3.8) is 0 Å². The molecule has 1 rings (SSSR count). The van der Waals surface area contributed by atoms with Crippen molar-refractivity contribution in [3.05, 3.63) is 11.4 Å². The molecular weight excluding hydrogens is 130 g/mol. The monoisotopic (exact) mass is 139 g/mol. The molecule has 10 heavy (non-hydrogen) atoms. The maximum atomic E-state index is 10.3. The summed E-state index contributed by atoms with van der Waals surface area (Å²) in [4.78, 5) is 10.3. The van der Waals surface area contributed by atoms with Gasteiger partial charge in [-0.15, -0.1) is 0 Å². The molecule has 4 nitrogen and oxygen atoms in total. The van der Waals surface area contributed by atoms with Crippen molar-refractivity contribution in [3.8, 4) is 0 Å². The van der Waals surface area contributed by atoms with Gasteiger partial charge in [-0.25, -0.2) is 0 Å². The van der Waals surface area contributed by atoms with Crippen molar-refractivity contribution in [2.75, 3.05) is 0 Å². The summed E-state index contributed by atoms with van der Waals surface area (Å²) in [6.45, 7) is 3.93. The summed E-state index contributed by atoms with van der Waals surface area (Å²) in [6.07, 6.45) is 0.707. The van der Waals surface area contributed by atoms with Gasteiger partial charge in [0.1, 0.15) is 5.69 Å². The number of carbonyl (C=O) groups excluding carboxylic acids is 1. The topological polar surface area (TPSA) is 58.6 Å². The maximum absolute atomic E-state index is 10.3. The van der Waals surface area contributed by atoms with Crippen LogP contribution in [0.1, 0.15) is 35.9 Å². The molecule has 0 atom stereocenters. The van der Waals surface area contributed by atoms with Gasteiger partial charge in [-0.3, -0.25) is 4.79 Å². The molecule has 0 spiro atoms. The fourth-order valence-electron chi connectivity index (χ4n) is 0.759. The highest BCUT2D eigenvalue weighted by Gasteiger charge is 2.09. The van der Waals surface area contributed by atoms with Crippen LogP contribution in [0.25, 0.3) is 0 Å². The summed E-state index contributed by atoms with van der Waals surface area (Å²) in [5.41, 5.74) is 1.14. The number of aromatic nitrogens is 3. The van der Waals surface area contributed by atoms with Gasteiger partial charge in [-0.2, -0.15) is 15.4 Å². The lowest BCUT2D eigenvalue weighted by Gasteiger charge is -1.96. The number of nitrogens with one attached hydrogen (secondary N) is 1. The smallest absolute Gasteiger partial charge is 0.172 e. The fourth-order valence-corrected chi connectivity index (χ4v) is 0.759. The van der Waals surface area contributed by atoms with E-state index in [4.69, 9.17) is 0 Å². The van der Waals surface area contributed by atoms with E-state index in [-0.39, 0.29) is 5.92 Å². The molecule has 54 valence electrons. The van der Waals surface area contributed by atoms with E-state index in [9.17, 15) is 4.79 Å². The van der Waals surface area contributed by atoms with Gasteiger partial charge in [0.05, 0.1) is 5.69 Å². The highest BCUT2D eigenvalue weighted by atomic mass is 16.1. The minimum atomic E-state index is 0.249. The van der Waals surface area contributed by atoms with Crippen molar-refractivity contribution in [2.45, 2.75) is 19.8 Å². The number of carbonyl (C=O) groups is 1. The van der Waals surface area contributed by atoms with Crippen molar-refractivity contribution >= 4 is 6.29 Å². The van der Waals surface area contributed by atoms with Gasteiger partial charge in [0.15, 0.2) is 6.29 Å². The predicted octanol–water partition coefficient (Wildman–Crippen LogP) is 0.741. The van der Waals surface area contributed by atoms with E-state index >= 15 is 0 Å². The molecule has 0 amide bonds. The summed E-state index contributed by atoms with van der Waals surface area (Å²) in [5.74, 6) is 0.249. The molecule has 0 aliphatic heterocycles. The van der Waals surface area contributed by atoms with Crippen LogP contribution in [0.3, 0.4) is 0 Å². The summed E-state index contributed by atoms with van der Waals surface area (Å²) >= 11 is 0. The van der Waals surface area contributed by atoms with Crippen LogP contribution < -0.4 is 0 Å². The average molecular weight is 139 g/mol. The first-order valence-corrected chi connectivity index (χ1v) is 3.11. The first-order valence-electron chi connectivity index (χ1n) is 3.11. The lowest BCUT2D eigenvalue weighted by atomic mass is 10.1. The van der Waals surface area contributed by atoms with E-state index in [1.807, 2.05) is 13.8 Å². The summed E-state index contributed by atoms with van der Waals surface area (Å²) in [6, 6.07) is 0. The van der Waals surface area contributed by atoms with Crippen LogP contribution in [0, 0.1) is 0 Å². The van der Waals surface area contributed by atoms with Crippen LogP contribution in [0.4, 0.5) is 0 Å². The Kier molecular flexibility index (Phi) is 1.80. The Bertz CT molecular complexity index is 229. The van der Waals surface area contributed by atoms with Gasteiger partial charge in [0.2, 0.25) is 0 Å². The number of aldehydes is 1. The number of rotatable bonds is 2. The highest BCUT2D eigenvalue weighted by molar-refractivity contribution is 5.73. The quantitative estimate of drug-likeness (QED) is 0.615. The molecule has 1 aromatic rings. The Labute approximate surface area is 58.6 Å². The molecule has 0 aliphatic rings. The molecule has 1 N–H and O–H groups in total. The van der Waals surface area contributed by atoms with Crippen LogP contribution in [0.5, 0.6) is 0 Å². The van der Waals surface area contributed by atoms with Crippen molar-refractivity contribution in [2.24, 2.45) is 0 Å². The van der Waals surface area contributed by atoms with Gasteiger partial charge in [0.25, 0.3) is 0 Å². The molecule has 0 unspecified atom stereocenters. The molecule has 1 heterocycles. The second kappa shape index (κ2) is 2.60. The number of nitrogens with zero attached hydrogens (tertiary/aromatic N) is 2. The molecule has 0 saturated carbocycles. The summed E-state index contributed by atoms with van der Waals surface area (Å²) in [5, 5.41) is 9.87. The molecule has 0 bridgehead atoms. The second-order valence-electron chi connectivity index (χ2n) is 2.37. The third-order valence-corrected chi connectivity index (χ3v) is 1.26. The normalized spacial score (nSPS) is 10.3. The number of hydrogen-bond acceptors (Lipinski definition) is 3. The second-order valence-corrected chi connectivity index (χ2v) is 2.37. The zero-order valence-electron chi connectivity index (χ0n) is 5.96. The van der Waals surface area contributed by atoms with Crippen LogP contribution in [-0.2, 0) is 0 Å². The molecule has 0 aliphatic carbocycles. The van der Waals surface area contributed by atoms with Crippen LogP contribution in [-0.4, -0.2) is 21.7 Å². The largest absolute Gasteiger partial charge is 0.296 e. The van der Waals surface area contributed by atoms with Gasteiger partial charge < -0.3 is 0 Å². The Morgan fingerprint density at radius 3 is 2.60 bits per heavy atom. The molecule has 1 aromatic heterocycles. The number of aromatic amines is 1. The van der Waals surface area contributed by atoms with E-state index in [0.717, 1.165) is 5.69 Å². The third-order valence-electron chi connectivity index (χ3n) is 1.26. The van der Waals surface area contributed by atoms with Gasteiger partial charge in [-0.1, -0.05) is 13.8 Å². The third kappa shape index (κ3) is 1.05. The first kappa shape index (κ1) is 6.92. The zero-order chi connectivity index (χ0) is 7.56. The molecule has 0 fully saturated rings. The molecule has 4 heteroatoms. The standard InChI is InChI=1S/C6H9N3O/c1-4(2)6-5(3-10)7-9-8-6/h3-4H,1-2H3,(H,7,8,9). The van der Waals surface area contributed by atoms with Gasteiger partial charge in [0, 0.05) is 0 Å². The maximum Gasteiger partial charge on any atom is 0.172 e. The summed E-state index contributed by atoms with van der Waals surface area (Å²) < 4.78 is 0. The molecule has 0 saturated heterocycles. The van der Waals surface area contributed by atoms with Crippen molar-refractivity contribution < 1.29 is 4.79 Å². The van der Waals surface area contributed by atoms with Crippen molar-refractivity contribution in [1.82, 2.24) is 15.4 Å². The Morgan fingerprint density at radius 1 is 1.50 bits per heavy atom. The van der Waals surface area contributed by atoms with Crippen LogP contribution >= 0.6 is 0 Å². The lowest BCUT2D eigenvalue weighted by molar-refractivity contribution is 0.111. The van der Waals surface area contributed by atoms with Gasteiger partial charge in [-0.05, 0) is 5.92 Å². The Balaban J connectivity index is 3.01. The summed E-state index contributed by atoms with van der Waals surface area (Å²) in [7, 11) is 0. The fraction of sp³-hybridized carbons (Fsp3) is 0.500. The Morgan fingerprint density at radius 2 is 2.20 bits per heavy atom. The Hall–Kier alpha value is -1.19.